The van der Waals surface area contributed by atoms with E-state index in [1.807, 2.05) is 13.0 Å². The summed E-state index contributed by atoms with van der Waals surface area (Å²) in [6.45, 7) is 4.10. The minimum atomic E-state index is -3.60. The number of allylic oxidation sites excluding steroid dienone is 2. The molecule has 6 nitrogen and oxygen atoms in total. The Bertz CT molecular complexity index is 1130. The van der Waals surface area contributed by atoms with E-state index in [9.17, 15) is 18.0 Å². The van der Waals surface area contributed by atoms with Gasteiger partial charge >= 0.3 is 5.97 Å². The van der Waals surface area contributed by atoms with Gasteiger partial charge in [-0.05, 0) is 68.7 Å². The standard InChI is InChI=1S/C25H27NO5S/c1-19-10-14-24(15-11-19)32(29,30)26-17-16-21(20(26)2)12-13-23(27)9-6-18-31-25(28)22-7-4-3-5-8-22/h3-11,14-15H,12-13,16-18H2,1-2H3/b9-6+. The third kappa shape index (κ3) is 5.73. The predicted molar refractivity (Wildman–Crippen MR) is 122 cm³/mol. The van der Waals surface area contributed by atoms with Gasteiger partial charge in [0.2, 0.25) is 0 Å². The Labute approximate surface area is 189 Å². The first kappa shape index (κ1) is 23.5. The van der Waals surface area contributed by atoms with Gasteiger partial charge in [-0.3, -0.25) is 9.10 Å². The highest BCUT2D eigenvalue weighted by atomic mass is 32.2. The lowest BCUT2D eigenvalue weighted by atomic mass is 10.1. The largest absolute Gasteiger partial charge is 0.458 e. The molecule has 0 saturated carbocycles. The maximum atomic E-state index is 12.9. The number of ketones is 1. The molecule has 0 aromatic heterocycles. The van der Waals surface area contributed by atoms with E-state index in [2.05, 4.69) is 0 Å². The summed E-state index contributed by atoms with van der Waals surface area (Å²) in [6, 6.07) is 15.5. The Morgan fingerprint density at radius 3 is 2.41 bits per heavy atom. The first-order valence-corrected chi connectivity index (χ1v) is 11.9. The van der Waals surface area contributed by atoms with Gasteiger partial charge < -0.3 is 4.74 Å². The van der Waals surface area contributed by atoms with Gasteiger partial charge in [0, 0.05) is 18.7 Å². The summed E-state index contributed by atoms with van der Waals surface area (Å²) in [5.74, 6) is -0.537. The van der Waals surface area contributed by atoms with Gasteiger partial charge in [0.05, 0.1) is 10.5 Å². The first-order valence-electron chi connectivity index (χ1n) is 10.5. The van der Waals surface area contributed by atoms with E-state index in [1.165, 1.54) is 16.5 Å². The topological polar surface area (TPSA) is 80.8 Å². The normalized spacial score (nSPS) is 14.2. The van der Waals surface area contributed by atoms with Crippen LogP contribution in [0.5, 0.6) is 0 Å². The molecule has 0 saturated heterocycles. The van der Waals surface area contributed by atoms with Crippen molar-refractivity contribution in [1.29, 1.82) is 0 Å². The molecule has 1 aliphatic rings. The van der Waals surface area contributed by atoms with E-state index in [0.29, 0.717) is 30.6 Å². The number of sulfonamides is 1. The van der Waals surface area contributed by atoms with Crippen molar-refractivity contribution in [2.24, 2.45) is 0 Å². The lowest BCUT2D eigenvalue weighted by Gasteiger charge is -2.20. The number of ether oxygens (including phenoxy) is 1. The van der Waals surface area contributed by atoms with Crippen LogP contribution in [0.1, 0.15) is 42.1 Å². The zero-order chi connectivity index (χ0) is 23.1. The SMILES string of the molecule is CC1=C(CCC(=O)/C=C/COC(=O)c2ccccc2)CCN1S(=O)(=O)c1ccc(C)cc1. The van der Waals surface area contributed by atoms with Gasteiger partial charge in [0.25, 0.3) is 10.0 Å². The summed E-state index contributed by atoms with van der Waals surface area (Å²) < 4.78 is 32.4. The van der Waals surface area contributed by atoms with Gasteiger partial charge in [-0.1, -0.05) is 35.9 Å². The number of nitrogens with zero attached hydrogens (tertiary/aromatic N) is 1. The van der Waals surface area contributed by atoms with Gasteiger partial charge in [-0.25, -0.2) is 13.2 Å². The van der Waals surface area contributed by atoms with E-state index in [1.54, 1.807) is 55.5 Å². The molecule has 1 aliphatic heterocycles. The van der Waals surface area contributed by atoms with E-state index in [0.717, 1.165) is 11.1 Å². The fourth-order valence-electron chi connectivity index (χ4n) is 3.52. The molecule has 2 aromatic rings. The Morgan fingerprint density at radius 1 is 1.03 bits per heavy atom. The number of benzene rings is 2. The smallest absolute Gasteiger partial charge is 0.338 e. The highest BCUT2D eigenvalue weighted by Gasteiger charge is 2.30. The first-order chi connectivity index (χ1) is 15.3. The van der Waals surface area contributed by atoms with Gasteiger partial charge in [-0.15, -0.1) is 0 Å². The number of carbonyl (C=O) groups is 2. The molecule has 0 atom stereocenters. The minimum absolute atomic E-state index is 0.0176. The molecule has 0 unspecified atom stereocenters. The molecule has 0 fully saturated rings. The molecule has 7 heteroatoms. The quantitative estimate of drug-likeness (QED) is 0.415. The van der Waals surface area contributed by atoms with Crippen molar-refractivity contribution < 1.29 is 22.7 Å². The van der Waals surface area contributed by atoms with Crippen molar-refractivity contribution in [2.75, 3.05) is 13.2 Å². The molecule has 0 radical (unpaired) electrons. The lowest BCUT2D eigenvalue weighted by Crippen LogP contribution is -2.27. The molecule has 168 valence electrons. The van der Waals surface area contributed by atoms with E-state index >= 15 is 0 Å². The van der Waals surface area contributed by atoms with Crippen LogP contribution in [0.15, 0.2) is 82.9 Å². The highest BCUT2D eigenvalue weighted by molar-refractivity contribution is 7.89. The van der Waals surface area contributed by atoms with Crippen LogP contribution >= 0.6 is 0 Å². The molecule has 0 bridgehead atoms. The molecular weight excluding hydrogens is 426 g/mol. The fraction of sp³-hybridized carbons (Fsp3) is 0.280. The number of hydrogen-bond acceptors (Lipinski definition) is 5. The van der Waals surface area contributed by atoms with Crippen molar-refractivity contribution >= 4 is 21.8 Å². The summed E-state index contributed by atoms with van der Waals surface area (Å²) in [7, 11) is -3.60. The summed E-state index contributed by atoms with van der Waals surface area (Å²) in [6.07, 6.45) is 4.31. The highest BCUT2D eigenvalue weighted by Crippen LogP contribution is 2.31. The Balaban J connectivity index is 1.51. The summed E-state index contributed by atoms with van der Waals surface area (Å²) >= 11 is 0. The van der Waals surface area contributed by atoms with Crippen LogP contribution in [-0.4, -0.2) is 37.6 Å². The monoisotopic (exact) mass is 453 g/mol. The van der Waals surface area contributed by atoms with E-state index in [4.69, 9.17) is 4.74 Å². The molecule has 0 amide bonds. The van der Waals surface area contributed by atoms with Crippen LogP contribution < -0.4 is 0 Å². The van der Waals surface area contributed by atoms with Gasteiger partial charge in [0.15, 0.2) is 5.78 Å². The molecule has 3 rings (SSSR count). The van der Waals surface area contributed by atoms with Crippen molar-refractivity contribution in [3.63, 3.8) is 0 Å². The number of hydrogen-bond donors (Lipinski definition) is 0. The maximum Gasteiger partial charge on any atom is 0.338 e. The van der Waals surface area contributed by atoms with E-state index in [-0.39, 0.29) is 23.7 Å². The van der Waals surface area contributed by atoms with Gasteiger partial charge in [0.1, 0.15) is 6.61 Å². The molecular formula is C25H27NO5S. The second-order valence-corrected chi connectivity index (χ2v) is 9.52. The zero-order valence-electron chi connectivity index (χ0n) is 18.3. The van der Waals surface area contributed by atoms with E-state index < -0.39 is 16.0 Å². The molecule has 2 aromatic carbocycles. The van der Waals surface area contributed by atoms with Crippen LogP contribution in [0.2, 0.25) is 0 Å². The summed E-state index contributed by atoms with van der Waals surface area (Å²) in [4.78, 5) is 24.3. The molecule has 1 heterocycles. The maximum absolute atomic E-state index is 12.9. The number of esters is 1. The summed E-state index contributed by atoms with van der Waals surface area (Å²) in [5.41, 5.74) is 3.12. The second kappa shape index (κ2) is 10.4. The third-order valence-corrected chi connectivity index (χ3v) is 7.31. The third-order valence-electron chi connectivity index (χ3n) is 5.41. The fourth-order valence-corrected chi connectivity index (χ4v) is 5.08. The average Bonchev–Trinajstić information content (AvgIpc) is 3.17. The van der Waals surface area contributed by atoms with Crippen LogP contribution in [0.4, 0.5) is 0 Å². The number of aryl methyl sites for hydroxylation is 1. The molecule has 0 N–H and O–H groups in total. The minimum Gasteiger partial charge on any atom is -0.458 e. The number of carbonyl (C=O) groups excluding carboxylic acids is 2. The Kier molecular flexibility index (Phi) is 7.64. The zero-order valence-corrected chi connectivity index (χ0v) is 19.1. The predicted octanol–water partition coefficient (Wildman–Crippen LogP) is 4.43. The molecule has 32 heavy (non-hydrogen) atoms. The van der Waals surface area contributed by atoms with Crippen molar-refractivity contribution in [2.45, 2.75) is 38.0 Å². The van der Waals surface area contributed by atoms with Crippen LogP contribution in [-0.2, 0) is 19.6 Å². The van der Waals surface area contributed by atoms with Crippen LogP contribution in [0, 0.1) is 6.92 Å². The lowest BCUT2D eigenvalue weighted by molar-refractivity contribution is -0.114. The second-order valence-electron chi connectivity index (χ2n) is 7.66. The molecule has 0 spiro atoms. The van der Waals surface area contributed by atoms with Crippen molar-refractivity contribution in [3.05, 3.63) is 89.1 Å². The number of rotatable bonds is 9. The van der Waals surface area contributed by atoms with Crippen LogP contribution in [0.25, 0.3) is 0 Å². The Morgan fingerprint density at radius 2 is 1.72 bits per heavy atom. The summed E-state index contributed by atoms with van der Waals surface area (Å²) in [5, 5.41) is 0. The average molecular weight is 454 g/mol. The van der Waals surface area contributed by atoms with Crippen LogP contribution in [0.3, 0.4) is 0 Å². The molecule has 0 aliphatic carbocycles. The van der Waals surface area contributed by atoms with Crippen molar-refractivity contribution in [1.82, 2.24) is 4.31 Å². The van der Waals surface area contributed by atoms with Crippen molar-refractivity contribution in [3.8, 4) is 0 Å². The van der Waals surface area contributed by atoms with Gasteiger partial charge in [-0.2, -0.15) is 0 Å². The Hall–Kier alpha value is -3.19.